The number of nitrogens with zero attached hydrogens (tertiary/aromatic N) is 1. The third kappa shape index (κ3) is 2.81. The second kappa shape index (κ2) is 2.88. The van der Waals surface area contributed by atoms with Crippen molar-refractivity contribution in [2.24, 2.45) is 0 Å². The zero-order valence-electron chi connectivity index (χ0n) is 3.44. The lowest BCUT2D eigenvalue weighted by Crippen LogP contribution is -1.93. The molecular weight excluding hydrogens is 154 g/mol. The van der Waals surface area contributed by atoms with E-state index in [9.17, 15) is 8.42 Å². The summed E-state index contributed by atoms with van der Waals surface area (Å²) in [6, 6.07) is 0. The molecule has 0 amide bonds. The quantitative estimate of drug-likeness (QED) is 0.341. The average Bonchev–Trinajstić information content (AvgIpc) is 1.67. The first-order chi connectivity index (χ1) is 3.62. The minimum absolute atomic E-state index is 0.377. The van der Waals surface area contributed by atoms with Gasteiger partial charge < -0.3 is 4.55 Å². The fourth-order valence-electron chi connectivity index (χ4n) is 0.0553. The van der Waals surface area contributed by atoms with Crippen molar-refractivity contribution in [2.45, 2.75) is 0 Å². The van der Waals surface area contributed by atoms with E-state index < -0.39 is 10.1 Å². The van der Waals surface area contributed by atoms with Crippen LogP contribution in [0.25, 0.3) is 0 Å². The summed E-state index contributed by atoms with van der Waals surface area (Å²) >= 11 is -0.377. The first-order valence-corrected chi connectivity index (χ1v) is 3.38. The maximum absolute atomic E-state index is 9.84. The van der Waals surface area contributed by atoms with Crippen LogP contribution in [0.1, 0.15) is 0 Å². The lowest BCUT2D eigenvalue weighted by molar-refractivity contribution is 0.501. The molecule has 0 fully saturated rings. The molecule has 0 aliphatic heterocycles. The first-order valence-electron chi connectivity index (χ1n) is 1.28. The Morgan fingerprint density at radius 3 is 2.38 bits per heavy atom. The Hall–Kier alpha value is -0.290. The van der Waals surface area contributed by atoms with Crippen molar-refractivity contribution in [1.29, 1.82) is 5.26 Å². The summed E-state index contributed by atoms with van der Waals surface area (Å²) in [6.07, 6.45) is 0. The Bertz CT molecular complexity index is 187. The second-order valence-corrected chi connectivity index (χ2v) is 2.47. The van der Waals surface area contributed by atoms with Crippen molar-refractivity contribution in [3.05, 3.63) is 0 Å². The molecule has 46 valence electrons. The summed E-state index contributed by atoms with van der Waals surface area (Å²) in [5.41, 5.74) is 0. The smallest absolute Gasteiger partial charge is 0.306 e. The van der Waals surface area contributed by atoms with Crippen molar-refractivity contribution in [1.82, 2.24) is 0 Å². The fourth-order valence-corrected chi connectivity index (χ4v) is 0.497. The van der Waals surface area contributed by atoms with Crippen molar-refractivity contribution in [3.8, 4) is 5.40 Å². The molecule has 0 aromatic carbocycles. The molecule has 1 N–H and O–H groups in total. The van der Waals surface area contributed by atoms with Crippen LogP contribution in [0.15, 0.2) is 0 Å². The van der Waals surface area contributed by atoms with Crippen LogP contribution in [-0.4, -0.2) is 13.0 Å². The van der Waals surface area contributed by atoms with Gasteiger partial charge in [-0.2, -0.15) is 17.3 Å². The molecule has 8 heavy (non-hydrogen) atoms. The van der Waals surface area contributed by atoms with Crippen LogP contribution in [0.2, 0.25) is 0 Å². The molecule has 0 rings (SSSR count). The highest BCUT2D eigenvalue weighted by Gasteiger charge is 2.07. The van der Waals surface area contributed by atoms with E-state index in [2.05, 4.69) is 3.63 Å². The Balaban J connectivity index is 4.02. The molecule has 0 unspecified atom stereocenters. The molecule has 0 aliphatic rings. The SMILES string of the molecule is N#CS(=O)(=O)OSO. The van der Waals surface area contributed by atoms with E-state index in [1.54, 1.807) is 0 Å². The van der Waals surface area contributed by atoms with Gasteiger partial charge in [0.2, 0.25) is 5.40 Å². The van der Waals surface area contributed by atoms with Gasteiger partial charge in [0.1, 0.15) is 0 Å². The summed E-state index contributed by atoms with van der Waals surface area (Å²) in [5.74, 6) is 0. The maximum atomic E-state index is 9.84. The van der Waals surface area contributed by atoms with E-state index in [4.69, 9.17) is 9.81 Å². The molecule has 0 spiro atoms. The summed E-state index contributed by atoms with van der Waals surface area (Å²) in [6.45, 7) is 0. The van der Waals surface area contributed by atoms with Gasteiger partial charge in [-0.05, 0) is 0 Å². The molecule has 5 nitrogen and oxygen atoms in total. The van der Waals surface area contributed by atoms with Gasteiger partial charge in [0.05, 0.1) is 0 Å². The van der Waals surface area contributed by atoms with Crippen molar-refractivity contribution in [3.63, 3.8) is 0 Å². The van der Waals surface area contributed by atoms with Crippen LogP contribution in [0.5, 0.6) is 0 Å². The standard InChI is InChI=1S/CHNO4S2/c2-1-8(4,5)6-7-3/h3H. The van der Waals surface area contributed by atoms with E-state index in [0.717, 1.165) is 5.40 Å². The molecule has 0 aromatic rings. The van der Waals surface area contributed by atoms with E-state index in [1.165, 1.54) is 0 Å². The number of hydrogen-bond donors (Lipinski definition) is 1. The molecule has 0 atom stereocenters. The molecule has 0 aromatic heterocycles. The van der Waals surface area contributed by atoms with Gasteiger partial charge in [0, 0.05) is 0 Å². The predicted molar refractivity (Wildman–Crippen MR) is 25.8 cm³/mol. The topological polar surface area (TPSA) is 87.4 Å². The van der Waals surface area contributed by atoms with E-state index in [1.807, 2.05) is 0 Å². The Kier molecular flexibility index (Phi) is 2.78. The predicted octanol–water partition coefficient (Wildman–Crippen LogP) is -0.0649. The van der Waals surface area contributed by atoms with Crippen molar-refractivity contribution < 1.29 is 16.6 Å². The summed E-state index contributed by atoms with van der Waals surface area (Å²) in [5, 5.41) is 8.45. The molecule has 7 heteroatoms. The molecule has 0 heterocycles. The highest BCUT2D eigenvalue weighted by Crippen LogP contribution is 2.00. The zero-order valence-corrected chi connectivity index (χ0v) is 5.07. The van der Waals surface area contributed by atoms with Crippen molar-refractivity contribution >= 4 is 22.4 Å². The zero-order chi connectivity index (χ0) is 6.62. The minimum Gasteiger partial charge on any atom is -0.306 e. The molecule has 0 bridgehead atoms. The monoisotopic (exact) mass is 155 g/mol. The number of hydrogen-bond acceptors (Lipinski definition) is 6. The molecule has 0 saturated carbocycles. The van der Waals surface area contributed by atoms with E-state index in [-0.39, 0.29) is 12.3 Å². The number of rotatable bonds is 2. The minimum atomic E-state index is -4.15. The highest BCUT2D eigenvalue weighted by molar-refractivity contribution is 8.03. The average molecular weight is 155 g/mol. The van der Waals surface area contributed by atoms with Gasteiger partial charge in [-0.3, -0.25) is 0 Å². The van der Waals surface area contributed by atoms with Gasteiger partial charge in [0.15, 0.2) is 12.3 Å². The Morgan fingerprint density at radius 2 is 2.25 bits per heavy atom. The lowest BCUT2D eigenvalue weighted by atomic mass is 11.8. The highest BCUT2D eigenvalue weighted by atomic mass is 32.3. The molecular formula is CHNO4S2. The maximum Gasteiger partial charge on any atom is 0.375 e. The van der Waals surface area contributed by atoms with E-state index in [0.29, 0.717) is 0 Å². The largest absolute Gasteiger partial charge is 0.375 e. The van der Waals surface area contributed by atoms with Crippen LogP contribution in [-0.2, 0) is 13.7 Å². The molecule has 0 radical (unpaired) electrons. The van der Waals surface area contributed by atoms with Gasteiger partial charge in [-0.15, -0.1) is 0 Å². The van der Waals surface area contributed by atoms with Gasteiger partial charge in [-0.1, -0.05) is 0 Å². The number of thiocyanates is 1. The summed E-state index contributed by atoms with van der Waals surface area (Å²) in [7, 11) is -4.15. The summed E-state index contributed by atoms with van der Waals surface area (Å²) < 4.78 is 30.8. The molecule has 0 saturated heterocycles. The normalized spacial score (nSPS) is 10.5. The fraction of sp³-hybridized carbons (Fsp3) is 0. The van der Waals surface area contributed by atoms with Crippen LogP contribution in [0.4, 0.5) is 0 Å². The van der Waals surface area contributed by atoms with Crippen molar-refractivity contribution in [2.75, 3.05) is 0 Å². The van der Waals surface area contributed by atoms with Crippen LogP contribution >= 0.6 is 12.3 Å². The van der Waals surface area contributed by atoms with Crippen LogP contribution < -0.4 is 0 Å². The molecule has 0 aliphatic carbocycles. The number of nitriles is 1. The first kappa shape index (κ1) is 7.71. The third-order valence-electron chi connectivity index (χ3n) is 0.232. The Labute approximate surface area is 50.4 Å². The van der Waals surface area contributed by atoms with E-state index >= 15 is 0 Å². The van der Waals surface area contributed by atoms with Gasteiger partial charge >= 0.3 is 10.1 Å². The lowest BCUT2D eigenvalue weighted by Gasteiger charge is -1.83. The Morgan fingerprint density at radius 1 is 1.75 bits per heavy atom. The second-order valence-electron chi connectivity index (χ2n) is 0.688. The van der Waals surface area contributed by atoms with Crippen LogP contribution in [0.3, 0.4) is 0 Å². The van der Waals surface area contributed by atoms with Gasteiger partial charge in [0.25, 0.3) is 0 Å². The van der Waals surface area contributed by atoms with Crippen LogP contribution in [0, 0.1) is 10.7 Å². The third-order valence-corrected chi connectivity index (χ3v) is 1.42. The summed E-state index contributed by atoms with van der Waals surface area (Å²) in [4.78, 5) is 0. The van der Waals surface area contributed by atoms with Gasteiger partial charge in [-0.25, -0.2) is 0 Å².